The highest BCUT2D eigenvalue weighted by atomic mass is 79.9. The molecule has 2 aromatic rings. The molecule has 0 heterocycles. The van der Waals surface area contributed by atoms with Crippen LogP contribution in [-0.2, 0) is 12.0 Å². The maximum Gasteiger partial charge on any atom is 0.127 e. The molecule has 1 aliphatic carbocycles. The number of hydrogen-bond donors (Lipinski definition) is 1. The number of hydrogen-bond acceptors (Lipinski definition) is 1. The lowest BCUT2D eigenvalue weighted by molar-refractivity contribution is 0.0705. The van der Waals surface area contributed by atoms with Gasteiger partial charge in [0.25, 0.3) is 0 Å². The number of halogens is 1. The van der Waals surface area contributed by atoms with E-state index in [0.29, 0.717) is 0 Å². The molecule has 0 amide bonds. The third-order valence-corrected chi connectivity index (χ3v) is 4.88. The van der Waals surface area contributed by atoms with E-state index in [2.05, 4.69) is 22.0 Å². The number of benzene rings is 2. The summed E-state index contributed by atoms with van der Waals surface area (Å²) in [5.41, 5.74) is 2.32. The van der Waals surface area contributed by atoms with E-state index in [-0.39, 0.29) is 4.83 Å². The third kappa shape index (κ3) is 1.72. The Morgan fingerprint density at radius 3 is 2.44 bits per heavy atom. The zero-order valence-electron chi connectivity index (χ0n) is 10.0. The van der Waals surface area contributed by atoms with E-state index in [4.69, 9.17) is 0 Å². The highest BCUT2D eigenvalue weighted by Gasteiger charge is 2.42. The van der Waals surface area contributed by atoms with E-state index in [1.54, 1.807) is 0 Å². The Hall–Kier alpha value is -1.12. The van der Waals surface area contributed by atoms with Gasteiger partial charge in [-0.1, -0.05) is 70.5 Å². The highest BCUT2D eigenvalue weighted by molar-refractivity contribution is 9.09. The van der Waals surface area contributed by atoms with E-state index < -0.39 is 5.60 Å². The minimum atomic E-state index is -0.921. The molecule has 2 heteroatoms. The molecule has 92 valence electrons. The Labute approximate surface area is 116 Å². The molecule has 1 aliphatic rings. The zero-order chi connectivity index (χ0) is 12.6. The van der Waals surface area contributed by atoms with Crippen molar-refractivity contribution in [3.63, 3.8) is 0 Å². The summed E-state index contributed by atoms with van der Waals surface area (Å²) in [5, 5.41) is 11.2. The first-order chi connectivity index (χ1) is 8.73. The Morgan fingerprint density at radius 1 is 1.00 bits per heavy atom. The SMILES string of the molecule is O[C@@]1(c2ccccc2)c2ccccc2CC[C@H]1Br. The minimum Gasteiger partial charge on any atom is -0.379 e. The van der Waals surface area contributed by atoms with Gasteiger partial charge in [0.05, 0.1) is 4.83 Å². The van der Waals surface area contributed by atoms with Gasteiger partial charge in [-0.2, -0.15) is 0 Å². The van der Waals surface area contributed by atoms with Gasteiger partial charge in [0, 0.05) is 0 Å². The number of aryl methyl sites for hydroxylation is 1. The molecule has 0 saturated carbocycles. The lowest BCUT2D eigenvalue weighted by Crippen LogP contribution is -2.41. The van der Waals surface area contributed by atoms with Crippen LogP contribution in [0.4, 0.5) is 0 Å². The summed E-state index contributed by atoms with van der Waals surface area (Å²) in [6.07, 6.45) is 1.96. The summed E-state index contributed by atoms with van der Waals surface area (Å²) >= 11 is 3.67. The normalized spacial score (nSPS) is 26.7. The molecule has 3 rings (SSSR count). The minimum absolute atomic E-state index is 0.0577. The second-order valence-corrected chi connectivity index (χ2v) is 5.90. The van der Waals surface area contributed by atoms with Crippen LogP contribution in [0.1, 0.15) is 23.1 Å². The Bertz CT molecular complexity index is 552. The standard InChI is InChI=1S/C16H15BrO/c17-15-11-10-12-6-4-5-9-14(12)16(15,18)13-7-2-1-3-8-13/h1-9,15,18H,10-11H2/t15-,16+/m1/s1. The fourth-order valence-corrected chi connectivity index (χ4v) is 3.54. The third-order valence-electron chi connectivity index (χ3n) is 3.76. The molecule has 0 fully saturated rings. The molecular weight excluding hydrogens is 288 g/mol. The maximum atomic E-state index is 11.2. The first-order valence-corrected chi connectivity index (χ1v) is 7.15. The second-order valence-electron chi connectivity index (χ2n) is 4.80. The van der Waals surface area contributed by atoms with Crippen LogP contribution in [0.2, 0.25) is 0 Å². The molecule has 0 spiro atoms. The van der Waals surface area contributed by atoms with Crippen LogP contribution in [0.5, 0.6) is 0 Å². The van der Waals surface area contributed by atoms with Crippen molar-refractivity contribution in [2.45, 2.75) is 23.3 Å². The summed E-state index contributed by atoms with van der Waals surface area (Å²) in [6, 6.07) is 18.1. The van der Waals surface area contributed by atoms with Gasteiger partial charge in [0.15, 0.2) is 0 Å². The molecule has 0 saturated heterocycles. The van der Waals surface area contributed by atoms with Gasteiger partial charge in [-0.25, -0.2) is 0 Å². The monoisotopic (exact) mass is 302 g/mol. The molecule has 1 nitrogen and oxygen atoms in total. The van der Waals surface area contributed by atoms with Crippen LogP contribution in [0, 0.1) is 0 Å². The van der Waals surface area contributed by atoms with Gasteiger partial charge in [-0.15, -0.1) is 0 Å². The lowest BCUT2D eigenvalue weighted by atomic mass is 9.75. The van der Waals surface area contributed by atoms with Gasteiger partial charge in [-0.05, 0) is 29.5 Å². The molecule has 0 aromatic heterocycles. The predicted molar refractivity (Wildman–Crippen MR) is 76.9 cm³/mol. The van der Waals surface area contributed by atoms with Crippen LogP contribution < -0.4 is 0 Å². The van der Waals surface area contributed by atoms with E-state index >= 15 is 0 Å². The van der Waals surface area contributed by atoms with Crippen LogP contribution in [0.15, 0.2) is 54.6 Å². The average molecular weight is 303 g/mol. The van der Waals surface area contributed by atoms with Crippen molar-refractivity contribution in [2.75, 3.05) is 0 Å². The van der Waals surface area contributed by atoms with Crippen LogP contribution >= 0.6 is 15.9 Å². The molecule has 0 bridgehead atoms. The first-order valence-electron chi connectivity index (χ1n) is 6.23. The average Bonchev–Trinajstić information content (AvgIpc) is 2.44. The maximum absolute atomic E-state index is 11.2. The number of fused-ring (bicyclic) bond motifs is 1. The smallest absolute Gasteiger partial charge is 0.127 e. The molecule has 18 heavy (non-hydrogen) atoms. The first kappa shape index (κ1) is 11.9. The molecule has 0 radical (unpaired) electrons. The van der Waals surface area contributed by atoms with E-state index in [1.807, 2.05) is 48.5 Å². The highest BCUT2D eigenvalue weighted by Crippen LogP contribution is 2.43. The van der Waals surface area contributed by atoms with E-state index in [0.717, 1.165) is 24.0 Å². The van der Waals surface area contributed by atoms with Crippen molar-refractivity contribution in [2.24, 2.45) is 0 Å². The molecular formula is C16H15BrO. The van der Waals surface area contributed by atoms with Crippen LogP contribution in [0.25, 0.3) is 0 Å². The fourth-order valence-electron chi connectivity index (χ4n) is 2.80. The van der Waals surface area contributed by atoms with Crippen molar-refractivity contribution >= 4 is 15.9 Å². The summed E-state index contributed by atoms with van der Waals surface area (Å²) in [6.45, 7) is 0. The van der Waals surface area contributed by atoms with E-state index in [9.17, 15) is 5.11 Å². The Balaban J connectivity index is 2.21. The van der Waals surface area contributed by atoms with Gasteiger partial charge in [0.1, 0.15) is 5.60 Å². The predicted octanol–water partition coefficient (Wildman–Crippen LogP) is 3.63. The van der Waals surface area contributed by atoms with Crippen LogP contribution in [0.3, 0.4) is 0 Å². The largest absolute Gasteiger partial charge is 0.379 e. The molecule has 2 atom stereocenters. The van der Waals surface area contributed by atoms with Gasteiger partial charge >= 0.3 is 0 Å². The molecule has 0 unspecified atom stereocenters. The van der Waals surface area contributed by atoms with Crippen molar-refractivity contribution in [3.05, 3.63) is 71.3 Å². The van der Waals surface area contributed by atoms with Crippen molar-refractivity contribution in [1.29, 1.82) is 0 Å². The quantitative estimate of drug-likeness (QED) is 0.798. The second kappa shape index (κ2) is 4.52. The summed E-state index contributed by atoms with van der Waals surface area (Å²) in [4.78, 5) is 0.0577. The van der Waals surface area contributed by atoms with Crippen molar-refractivity contribution in [3.8, 4) is 0 Å². The van der Waals surface area contributed by atoms with Crippen molar-refractivity contribution in [1.82, 2.24) is 0 Å². The van der Waals surface area contributed by atoms with Crippen molar-refractivity contribution < 1.29 is 5.11 Å². The summed E-state index contributed by atoms with van der Waals surface area (Å²) < 4.78 is 0. The Morgan fingerprint density at radius 2 is 1.67 bits per heavy atom. The summed E-state index contributed by atoms with van der Waals surface area (Å²) in [5.74, 6) is 0. The molecule has 2 aromatic carbocycles. The van der Waals surface area contributed by atoms with Gasteiger partial charge in [-0.3, -0.25) is 0 Å². The summed E-state index contributed by atoms with van der Waals surface area (Å²) in [7, 11) is 0. The lowest BCUT2D eigenvalue weighted by Gasteiger charge is -2.39. The number of rotatable bonds is 1. The van der Waals surface area contributed by atoms with Crippen LogP contribution in [-0.4, -0.2) is 9.93 Å². The fraction of sp³-hybridized carbons (Fsp3) is 0.250. The zero-order valence-corrected chi connectivity index (χ0v) is 11.6. The topological polar surface area (TPSA) is 20.2 Å². The molecule has 0 aliphatic heterocycles. The number of alkyl halides is 1. The van der Waals surface area contributed by atoms with Gasteiger partial charge in [0.2, 0.25) is 0 Å². The molecule has 1 N–H and O–H groups in total. The van der Waals surface area contributed by atoms with E-state index in [1.165, 1.54) is 5.56 Å². The van der Waals surface area contributed by atoms with Gasteiger partial charge < -0.3 is 5.11 Å². The Kier molecular flexibility index (Phi) is 3.00. The number of aliphatic hydroxyl groups is 1.